The number of hydrogen-bond donors (Lipinski definition) is 1. The molecule has 0 radical (unpaired) electrons. The zero-order valence-corrected chi connectivity index (χ0v) is 14.2. The van der Waals surface area contributed by atoms with Crippen LogP contribution in [0.2, 0.25) is 0 Å². The summed E-state index contributed by atoms with van der Waals surface area (Å²) in [6.45, 7) is 1.99. The Morgan fingerprint density at radius 3 is 2.75 bits per heavy atom. The van der Waals surface area contributed by atoms with Crippen molar-refractivity contribution < 1.29 is 13.9 Å². The summed E-state index contributed by atoms with van der Waals surface area (Å²) in [6.07, 6.45) is 0.713. The fourth-order valence-corrected chi connectivity index (χ4v) is 3.94. The fourth-order valence-electron chi connectivity index (χ4n) is 3.50. The number of ether oxygens (including phenoxy) is 2. The Morgan fingerprint density at radius 2 is 2.04 bits per heavy atom. The van der Waals surface area contributed by atoms with Crippen LogP contribution in [0.15, 0.2) is 42.5 Å². The number of methoxy groups -OCH3 is 1. The van der Waals surface area contributed by atoms with Gasteiger partial charge < -0.3 is 14.8 Å². The molecule has 2 bridgehead atoms. The molecule has 24 heavy (non-hydrogen) atoms. The van der Waals surface area contributed by atoms with Crippen LogP contribution >= 0.6 is 12.2 Å². The zero-order chi connectivity index (χ0) is 16.9. The average molecular weight is 344 g/mol. The predicted octanol–water partition coefficient (Wildman–Crippen LogP) is 3.77. The minimum Gasteiger partial charge on any atom is -0.493 e. The van der Waals surface area contributed by atoms with Crippen LogP contribution in [0.25, 0.3) is 0 Å². The average Bonchev–Trinajstić information content (AvgIpc) is 2.55. The second-order valence-corrected chi connectivity index (χ2v) is 6.56. The molecule has 2 aliphatic rings. The van der Waals surface area contributed by atoms with Crippen LogP contribution < -0.4 is 19.7 Å². The maximum Gasteiger partial charge on any atom is 0.188 e. The van der Waals surface area contributed by atoms with E-state index >= 15 is 0 Å². The molecule has 2 aliphatic heterocycles. The molecule has 2 aromatic rings. The Balaban J connectivity index is 1.81. The van der Waals surface area contributed by atoms with Crippen molar-refractivity contribution in [2.24, 2.45) is 0 Å². The lowest BCUT2D eigenvalue weighted by Crippen LogP contribution is -2.65. The summed E-state index contributed by atoms with van der Waals surface area (Å²) in [5, 5.41) is 3.94. The van der Waals surface area contributed by atoms with Crippen molar-refractivity contribution in [3.8, 4) is 11.5 Å². The van der Waals surface area contributed by atoms with Gasteiger partial charge in [-0.25, -0.2) is 4.39 Å². The normalized spacial score (nSPS) is 24.7. The number of benzene rings is 2. The summed E-state index contributed by atoms with van der Waals surface area (Å²) in [5.41, 5.74) is 1.15. The summed E-state index contributed by atoms with van der Waals surface area (Å²) in [5.74, 6) is 1.13. The summed E-state index contributed by atoms with van der Waals surface area (Å²) in [4.78, 5) is 1.90. The van der Waals surface area contributed by atoms with Crippen LogP contribution in [-0.2, 0) is 0 Å². The molecule has 2 heterocycles. The molecule has 4 rings (SSSR count). The van der Waals surface area contributed by atoms with Gasteiger partial charge in [-0.05, 0) is 49.5 Å². The van der Waals surface area contributed by atoms with Gasteiger partial charge in [-0.1, -0.05) is 12.1 Å². The van der Waals surface area contributed by atoms with Crippen molar-refractivity contribution in [3.63, 3.8) is 0 Å². The lowest BCUT2D eigenvalue weighted by atomic mass is 9.90. The molecule has 1 saturated heterocycles. The number of halogens is 1. The molecule has 0 unspecified atom stereocenters. The van der Waals surface area contributed by atoms with Crippen molar-refractivity contribution in [3.05, 3.63) is 53.8 Å². The third-order valence-electron chi connectivity index (χ3n) is 4.57. The zero-order valence-electron chi connectivity index (χ0n) is 13.4. The first-order valence-electron chi connectivity index (χ1n) is 7.74. The molecule has 0 saturated carbocycles. The molecular formula is C18H17FN2O2S. The molecule has 0 aliphatic carbocycles. The van der Waals surface area contributed by atoms with Gasteiger partial charge in [-0.15, -0.1) is 0 Å². The Bertz CT molecular complexity index is 811. The van der Waals surface area contributed by atoms with Crippen LogP contribution in [0, 0.1) is 5.82 Å². The van der Waals surface area contributed by atoms with Gasteiger partial charge in [0.05, 0.1) is 13.2 Å². The molecule has 6 heteroatoms. The molecule has 0 aromatic heterocycles. The highest BCUT2D eigenvalue weighted by atomic mass is 32.1. The SMILES string of the molecule is COc1cccc2c1O[C@@]1(C)C[C@H]2NC(=S)N1c1ccc(F)cc1. The molecule has 4 nitrogen and oxygen atoms in total. The van der Waals surface area contributed by atoms with Gasteiger partial charge in [0.2, 0.25) is 0 Å². The van der Waals surface area contributed by atoms with Crippen molar-refractivity contribution in [1.82, 2.24) is 5.32 Å². The van der Waals surface area contributed by atoms with E-state index in [0.29, 0.717) is 17.3 Å². The quantitative estimate of drug-likeness (QED) is 0.839. The molecule has 1 fully saturated rings. The van der Waals surface area contributed by atoms with E-state index in [1.807, 2.05) is 30.0 Å². The van der Waals surface area contributed by atoms with E-state index in [2.05, 4.69) is 5.32 Å². The molecule has 0 spiro atoms. The first-order chi connectivity index (χ1) is 11.5. The number of rotatable bonds is 2. The second-order valence-electron chi connectivity index (χ2n) is 6.17. The highest BCUT2D eigenvalue weighted by molar-refractivity contribution is 7.80. The first-order valence-corrected chi connectivity index (χ1v) is 8.15. The van der Waals surface area contributed by atoms with Gasteiger partial charge in [-0.3, -0.25) is 4.90 Å². The third kappa shape index (κ3) is 2.21. The Kier molecular flexibility index (Phi) is 3.38. The van der Waals surface area contributed by atoms with Crippen LogP contribution in [0.1, 0.15) is 24.9 Å². The predicted molar refractivity (Wildman–Crippen MR) is 94.0 cm³/mol. The highest BCUT2D eigenvalue weighted by Gasteiger charge is 2.49. The number of thiocarbonyl (C=S) groups is 1. The van der Waals surface area contributed by atoms with Gasteiger partial charge in [0.15, 0.2) is 22.3 Å². The van der Waals surface area contributed by atoms with Gasteiger partial charge in [0.25, 0.3) is 0 Å². The molecule has 0 amide bonds. The van der Waals surface area contributed by atoms with Crippen LogP contribution in [0.3, 0.4) is 0 Å². The van der Waals surface area contributed by atoms with E-state index in [9.17, 15) is 4.39 Å². The van der Waals surface area contributed by atoms with Crippen LogP contribution in [-0.4, -0.2) is 17.9 Å². The van der Waals surface area contributed by atoms with Crippen molar-refractivity contribution in [2.45, 2.75) is 25.1 Å². The molecule has 124 valence electrons. The molecule has 2 aromatic carbocycles. The molecule has 2 atom stereocenters. The fraction of sp³-hybridized carbons (Fsp3) is 0.278. The van der Waals surface area contributed by atoms with Crippen LogP contribution in [0.4, 0.5) is 10.1 Å². The van der Waals surface area contributed by atoms with Gasteiger partial charge in [0.1, 0.15) is 5.82 Å². The van der Waals surface area contributed by atoms with Gasteiger partial charge in [0, 0.05) is 17.7 Å². The lowest BCUT2D eigenvalue weighted by Gasteiger charge is -2.52. The monoisotopic (exact) mass is 344 g/mol. The van der Waals surface area contributed by atoms with Gasteiger partial charge in [-0.2, -0.15) is 0 Å². The number of fused-ring (bicyclic) bond motifs is 4. The van der Waals surface area contributed by atoms with Crippen molar-refractivity contribution in [1.29, 1.82) is 0 Å². The number of hydrogen-bond acceptors (Lipinski definition) is 3. The maximum atomic E-state index is 13.3. The summed E-state index contributed by atoms with van der Waals surface area (Å²) in [7, 11) is 1.63. The largest absolute Gasteiger partial charge is 0.493 e. The number of para-hydroxylation sites is 1. The first kappa shape index (κ1) is 15.2. The highest BCUT2D eigenvalue weighted by Crippen LogP contribution is 2.48. The minimum absolute atomic E-state index is 0.0537. The van der Waals surface area contributed by atoms with E-state index < -0.39 is 5.72 Å². The van der Waals surface area contributed by atoms with E-state index in [4.69, 9.17) is 21.7 Å². The van der Waals surface area contributed by atoms with Crippen molar-refractivity contribution >= 4 is 23.0 Å². The minimum atomic E-state index is -0.674. The summed E-state index contributed by atoms with van der Waals surface area (Å²) in [6, 6.07) is 12.1. The van der Waals surface area contributed by atoms with E-state index in [1.54, 1.807) is 19.2 Å². The Hall–Kier alpha value is -2.34. The number of nitrogens with zero attached hydrogens (tertiary/aromatic N) is 1. The Morgan fingerprint density at radius 1 is 1.29 bits per heavy atom. The second kappa shape index (κ2) is 5.34. The number of anilines is 1. The Labute approximate surface area is 145 Å². The van der Waals surface area contributed by atoms with Crippen LogP contribution in [0.5, 0.6) is 11.5 Å². The molecular weight excluding hydrogens is 327 g/mol. The molecule has 1 N–H and O–H groups in total. The third-order valence-corrected chi connectivity index (χ3v) is 4.87. The van der Waals surface area contributed by atoms with E-state index in [1.165, 1.54) is 12.1 Å². The lowest BCUT2D eigenvalue weighted by molar-refractivity contribution is 0.0464. The van der Waals surface area contributed by atoms with Gasteiger partial charge >= 0.3 is 0 Å². The summed E-state index contributed by atoms with van der Waals surface area (Å²) < 4.78 is 25.1. The van der Waals surface area contributed by atoms with Crippen molar-refractivity contribution in [2.75, 3.05) is 12.0 Å². The smallest absolute Gasteiger partial charge is 0.188 e. The number of nitrogens with one attached hydrogen (secondary N) is 1. The maximum absolute atomic E-state index is 13.3. The topological polar surface area (TPSA) is 33.7 Å². The standard InChI is InChI=1S/C18H17FN2O2S/c1-18-10-14(13-4-3-5-15(22-2)16(13)23-18)20-17(24)21(18)12-8-6-11(19)7-9-12/h3-9,14H,10H2,1-2H3,(H,20,24)/t14-,18+/m1/s1. The van der Waals surface area contributed by atoms with E-state index in [0.717, 1.165) is 17.0 Å². The summed E-state index contributed by atoms with van der Waals surface area (Å²) >= 11 is 5.57. The van der Waals surface area contributed by atoms with E-state index in [-0.39, 0.29) is 11.9 Å².